The minimum atomic E-state index is -4.95. The second-order valence-electron chi connectivity index (χ2n) is 8.76. The van der Waals surface area contributed by atoms with Gasteiger partial charge in [-0.25, -0.2) is 19.3 Å². The number of nitriles is 1. The molecule has 2 unspecified atom stereocenters. The molecule has 1 aliphatic heterocycles. The van der Waals surface area contributed by atoms with Gasteiger partial charge in [-0.05, 0) is 31.0 Å². The van der Waals surface area contributed by atoms with Crippen molar-refractivity contribution >= 4 is 11.0 Å². The molecule has 5 rings (SSSR count). The van der Waals surface area contributed by atoms with Crippen LogP contribution in [0.15, 0.2) is 35.4 Å². The molecule has 0 spiro atoms. The van der Waals surface area contributed by atoms with Crippen LogP contribution in [0.2, 0.25) is 0 Å². The molecule has 0 aliphatic carbocycles. The fourth-order valence-electron chi connectivity index (χ4n) is 4.43. The second-order valence-corrected chi connectivity index (χ2v) is 8.76. The highest BCUT2D eigenvalue weighted by Gasteiger charge is 2.38. The average Bonchev–Trinajstić information content (AvgIpc) is 3.31. The van der Waals surface area contributed by atoms with Crippen molar-refractivity contribution in [2.24, 2.45) is 14.1 Å². The first-order valence-electron chi connectivity index (χ1n) is 11.2. The Bertz CT molecular complexity index is 1620. The van der Waals surface area contributed by atoms with Gasteiger partial charge in [-0.3, -0.25) is 14.0 Å². The summed E-state index contributed by atoms with van der Waals surface area (Å²) in [7, 11) is 2.72. The van der Waals surface area contributed by atoms with E-state index in [0.717, 1.165) is 18.7 Å². The zero-order valence-corrected chi connectivity index (χ0v) is 19.6. The lowest BCUT2D eigenvalue weighted by Crippen LogP contribution is -2.29. The van der Waals surface area contributed by atoms with Crippen molar-refractivity contribution in [2.75, 3.05) is 6.61 Å². The second kappa shape index (κ2) is 9.04. The van der Waals surface area contributed by atoms with Crippen molar-refractivity contribution in [2.45, 2.75) is 31.0 Å². The molecule has 3 aromatic heterocycles. The molecule has 13 heteroatoms. The Kier molecular flexibility index (Phi) is 5.99. The van der Waals surface area contributed by atoms with Crippen LogP contribution >= 0.6 is 0 Å². The molecule has 0 radical (unpaired) electrons. The summed E-state index contributed by atoms with van der Waals surface area (Å²) >= 11 is 0. The molecule has 0 N–H and O–H groups in total. The molecule has 190 valence electrons. The third-order valence-corrected chi connectivity index (χ3v) is 6.30. The van der Waals surface area contributed by atoms with Crippen LogP contribution in [0.5, 0.6) is 0 Å². The fourth-order valence-corrected chi connectivity index (χ4v) is 4.43. The van der Waals surface area contributed by atoms with E-state index in [9.17, 15) is 18.0 Å². The molecule has 4 heterocycles. The smallest absolute Gasteiger partial charge is 0.373 e. The Hall–Kier alpha value is -4.18. The summed E-state index contributed by atoms with van der Waals surface area (Å²) in [6.45, 7) is 0.343. The van der Waals surface area contributed by atoms with Gasteiger partial charge < -0.3 is 4.74 Å². The molecule has 1 fully saturated rings. The summed E-state index contributed by atoms with van der Waals surface area (Å²) in [5.41, 5.74) is -1.47. The summed E-state index contributed by atoms with van der Waals surface area (Å²) < 4.78 is 63.9. The van der Waals surface area contributed by atoms with Gasteiger partial charge in [0.05, 0.1) is 23.9 Å². The SMILES string of the molecule is Cn1cc(C2CC(c3nc(-c4ccc(C#N)cc4F)c4nc(C(F)(F)F)n(C)c(=O)c4n3)CCO2)cn1. The van der Waals surface area contributed by atoms with E-state index in [0.29, 0.717) is 24.0 Å². The molecule has 0 amide bonds. The van der Waals surface area contributed by atoms with Gasteiger partial charge in [-0.1, -0.05) is 0 Å². The van der Waals surface area contributed by atoms with E-state index in [1.165, 1.54) is 12.1 Å². The van der Waals surface area contributed by atoms with Gasteiger partial charge in [0, 0.05) is 43.9 Å². The van der Waals surface area contributed by atoms with Gasteiger partial charge in [0.25, 0.3) is 5.56 Å². The standard InChI is InChI=1S/C24H19F4N7O2/c1-34-11-14(10-30-34)17-8-13(5-6-37-17)21-31-18(15-4-3-12(9-29)7-16(15)25)19-20(32-21)22(36)35(2)23(33-19)24(26,27)28/h3-4,7,10-11,13,17H,5-6,8H2,1-2H3. The zero-order valence-electron chi connectivity index (χ0n) is 19.6. The van der Waals surface area contributed by atoms with Crippen molar-refractivity contribution < 1.29 is 22.3 Å². The number of rotatable bonds is 3. The van der Waals surface area contributed by atoms with Crippen LogP contribution in [0.1, 0.15) is 47.6 Å². The summed E-state index contributed by atoms with van der Waals surface area (Å²) in [6.07, 6.45) is -0.907. The molecule has 0 bridgehead atoms. The summed E-state index contributed by atoms with van der Waals surface area (Å²) in [6, 6.07) is 5.29. The Labute approximate surface area is 207 Å². The lowest BCUT2D eigenvalue weighted by Gasteiger charge is -2.28. The van der Waals surface area contributed by atoms with Crippen LogP contribution in [-0.2, 0) is 25.0 Å². The normalized spacial score (nSPS) is 18.2. The molecule has 37 heavy (non-hydrogen) atoms. The average molecular weight is 513 g/mol. The zero-order chi connectivity index (χ0) is 26.5. The monoisotopic (exact) mass is 513 g/mol. The van der Waals surface area contributed by atoms with E-state index < -0.39 is 28.9 Å². The molecular weight excluding hydrogens is 494 g/mol. The van der Waals surface area contributed by atoms with Crippen molar-refractivity contribution in [3.8, 4) is 17.3 Å². The molecular formula is C24H19F4N7O2. The quantitative estimate of drug-likeness (QED) is 0.383. The van der Waals surface area contributed by atoms with Crippen molar-refractivity contribution in [3.63, 3.8) is 0 Å². The first-order valence-corrected chi connectivity index (χ1v) is 11.2. The van der Waals surface area contributed by atoms with Gasteiger partial charge in [-0.2, -0.15) is 23.5 Å². The Balaban J connectivity index is 1.72. The van der Waals surface area contributed by atoms with E-state index in [2.05, 4.69) is 20.1 Å². The topological polar surface area (TPSA) is 112 Å². The summed E-state index contributed by atoms with van der Waals surface area (Å²) in [5, 5.41) is 13.2. The number of fused-ring (bicyclic) bond motifs is 1. The number of hydrogen-bond acceptors (Lipinski definition) is 7. The van der Waals surface area contributed by atoms with E-state index in [-0.39, 0.29) is 40.2 Å². The minimum Gasteiger partial charge on any atom is -0.373 e. The van der Waals surface area contributed by atoms with Gasteiger partial charge in [0.1, 0.15) is 22.9 Å². The molecule has 0 saturated carbocycles. The van der Waals surface area contributed by atoms with E-state index in [1.807, 2.05) is 6.20 Å². The molecule has 2 atom stereocenters. The lowest BCUT2D eigenvalue weighted by atomic mass is 9.92. The van der Waals surface area contributed by atoms with Crippen LogP contribution in [0.4, 0.5) is 17.6 Å². The van der Waals surface area contributed by atoms with Gasteiger partial charge >= 0.3 is 6.18 Å². The third kappa shape index (κ3) is 4.44. The van der Waals surface area contributed by atoms with E-state index in [1.54, 1.807) is 24.0 Å². The highest BCUT2D eigenvalue weighted by Crippen LogP contribution is 2.38. The van der Waals surface area contributed by atoms with Gasteiger partial charge in [-0.15, -0.1) is 0 Å². The Morgan fingerprint density at radius 3 is 2.59 bits per heavy atom. The van der Waals surface area contributed by atoms with Gasteiger partial charge in [0.2, 0.25) is 5.82 Å². The lowest BCUT2D eigenvalue weighted by molar-refractivity contribution is -0.147. The minimum absolute atomic E-state index is 0.0171. The maximum absolute atomic E-state index is 15.1. The maximum Gasteiger partial charge on any atom is 0.449 e. The highest BCUT2D eigenvalue weighted by atomic mass is 19.4. The fraction of sp³-hybridized carbons (Fsp3) is 0.333. The summed E-state index contributed by atoms with van der Waals surface area (Å²) in [4.78, 5) is 25.5. The largest absolute Gasteiger partial charge is 0.449 e. The van der Waals surface area contributed by atoms with Crippen LogP contribution in [0, 0.1) is 17.1 Å². The number of benzene rings is 1. The number of nitrogens with zero attached hydrogens (tertiary/aromatic N) is 7. The molecule has 1 aliphatic rings. The summed E-state index contributed by atoms with van der Waals surface area (Å²) in [5.74, 6) is -2.52. The maximum atomic E-state index is 15.1. The van der Waals surface area contributed by atoms with Crippen molar-refractivity contribution in [1.82, 2.24) is 29.3 Å². The highest BCUT2D eigenvalue weighted by molar-refractivity contribution is 5.88. The Morgan fingerprint density at radius 1 is 1.16 bits per heavy atom. The number of hydrogen-bond donors (Lipinski definition) is 0. The number of halogens is 4. The van der Waals surface area contributed by atoms with E-state index >= 15 is 4.39 Å². The molecule has 4 aromatic rings. The number of alkyl halides is 3. The first kappa shape index (κ1) is 24.5. The van der Waals surface area contributed by atoms with Crippen molar-refractivity contribution in [3.05, 3.63) is 69.5 Å². The predicted molar refractivity (Wildman–Crippen MR) is 122 cm³/mol. The van der Waals surface area contributed by atoms with Crippen molar-refractivity contribution in [1.29, 1.82) is 5.26 Å². The number of aryl methyl sites for hydroxylation is 1. The predicted octanol–water partition coefficient (Wildman–Crippen LogP) is 3.79. The van der Waals surface area contributed by atoms with Crippen LogP contribution < -0.4 is 5.56 Å². The first-order chi connectivity index (χ1) is 17.6. The number of ether oxygens (including phenoxy) is 1. The number of aromatic nitrogens is 6. The van der Waals surface area contributed by atoms with E-state index in [4.69, 9.17) is 10.00 Å². The Morgan fingerprint density at radius 2 is 1.95 bits per heavy atom. The molecule has 9 nitrogen and oxygen atoms in total. The molecule has 1 aromatic carbocycles. The molecule has 1 saturated heterocycles. The van der Waals surface area contributed by atoms with Gasteiger partial charge in [0.15, 0.2) is 5.52 Å². The van der Waals surface area contributed by atoms with Crippen LogP contribution in [0.25, 0.3) is 22.3 Å². The third-order valence-electron chi connectivity index (χ3n) is 6.30. The van der Waals surface area contributed by atoms with Crippen LogP contribution in [-0.4, -0.2) is 35.9 Å². The van der Waals surface area contributed by atoms with Crippen LogP contribution in [0.3, 0.4) is 0 Å².